The van der Waals surface area contributed by atoms with Crippen LogP contribution in [0.3, 0.4) is 0 Å². The number of halogens is 1. The van der Waals surface area contributed by atoms with E-state index in [0.29, 0.717) is 5.56 Å². The van der Waals surface area contributed by atoms with Gasteiger partial charge < -0.3 is 4.90 Å². The van der Waals surface area contributed by atoms with E-state index in [0.717, 1.165) is 11.4 Å². The molecule has 1 aromatic carbocycles. The van der Waals surface area contributed by atoms with Crippen molar-refractivity contribution in [3.63, 3.8) is 0 Å². The molecule has 4 heteroatoms. The van der Waals surface area contributed by atoms with Crippen LogP contribution in [-0.2, 0) is 10.3 Å². The molecule has 2 aliphatic heterocycles. The summed E-state index contributed by atoms with van der Waals surface area (Å²) in [4.78, 5) is 17.7. The number of fused-ring (bicyclic) bond motifs is 2. The summed E-state index contributed by atoms with van der Waals surface area (Å²) in [5.74, 6) is -0.410. The van der Waals surface area contributed by atoms with Gasteiger partial charge in [-0.2, -0.15) is 0 Å². The first kappa shape index (κ1) is 8.59. The number of anilines is 1. The van der Waals surface area contributed by atoms with Crippen molar-refractivity contribution in [2.45, 2.75) is 12.5 Å². The van der Waals surface area contributed by atoms with Gasteiger partial charge in [0.1, 0.15) is 5.82 Å². The normalized spacial score (nSPS) is 27.0. The molecule has 2 aliphatic rings. The van der Waals surface area contributed by atoms with Crippen molar-refractivity contribution >= 4 is 17.3 Å². The van der Waals surface area contributed by atoms with Crippen LogP contribution < -0.4 is 4.90 Å². The second-order valence-electron chi connectivity index (χ2n) is 3.93. The number of aliphatic imine (C=N–C) groups is 1. The fourth-order valence-electron chi connectivity index (χ4n) is 2.24. The maximum atomic E-state index is 13.1. The van der Waals surface area contributed by atoms with Gasteiger partial charge in [0.05, 0.1) is 11.4 Å². The summed E-state index contributed by atoms with van der Waals surface area (Å²) in [5.41, 5.74) is 1.34. The van der Waals surface area contributed by atoms with E-state index in [1.54, 1.807) is 20.0 Å². The van der Waals surface area contributed by atoms with E-state index in [4.69, 9.17) is 0 Å². The molecule has 0 aliphatic carbocycles. The number of rotatable bonds is 0. The topological polar surface area (TPSA) is 32.7 Å². The zero-order valence-corrected chi connectivity index (χ0v) is 8.41. The highest BCUT2D eigenvalue weighted by molar-refractivity contribution is 6.29. The van der Waals surface area contributed by atoms with Crippen LogP contribution in [0.1, 0.15) is 12.5 Å². The van der Waals surface area contributed by atoms with Gasteiger partial charge >= 0.3 is 0 Å². The van der Waals surface area contributed by atoms with E-state index < -0.39 is 5.54 Å². The number of amides is 1. The highest BCUT2D eigenvalue weighted by atomic mass is 19.1. The van der Waals surface area contributed by atoms with Crippen LogP contribution in [0.4, 0.5) is 10.1 Å². The first-order chi connectivity index (χ1) is 7.07. The Morgan fingerprint density at radius 2 is 2.13 bits per heavy atom. The first-order valence-corrected chi connectivity index (χ1v) is 4.72. The summed E-state index contributed by atoms with van der Waals surface area (Å²) < 4.78 is 13.1. The van der Waals surface area contributed by atoms with Gasteiger partial charge in [0, 0.05) is 12.6 Å². The summed E-state index contributed by atoms with van der Waals surface area (Å²) in [6, 6.07) is 4.38. The summed E-state index contributed by atoms with van der Waals surface area (Å²) in [6.45, 7) is 1.80. The van der Waals surface area contributed by atoms with E-state index in [-0.39, 0.29) is 11.7 Å². The fourth-order valence-corrected chi connectivity index (χ4v) is 2.24. The molecule has 1 spiro atoms. The molecule has 0 N–H and O–H groups in total. The Hall–Kier alpha value is -1.71. The summed E-state index contributed by atoms with van der Waals surface area (Å²) >= 11 is 0. The number of carbonyl (C=O) groups is 1. The average Bonchev–Trinajstić information content (AvgIpc) is 2.84. The standard InChI is InChI=1S/C11H9FN2O/c1-6-11(13-6)8-5-7(12)3-4-9(8)14(2)10(11)15/h3-5H,1-2H3. The van der Waals surface area contributed by atoms with Crippen LogP contribution >= 0.6 is 0 Å². The molecule has 0 bridgehead atoms. The van der Waals surface area contributed by atoms with E-state index in [9.17, 15) is 9.18 Å². The lowest BCUT2D eigenvalue weighted by atomic mass is 9.96. The molecule has 0 radical (unpaired) electrons. The molecule has 76 valence electrons. The zero-order chi connectivity index (χ0) is 10.8. The zero-order valence-electron chi connectivity index (χ0n) is 8.41. The largest absolute Gasteiger partial charge is 0.312 e. The third-order valence-electron chi connectivity index (χ3n) is 3.13. The van der Waals surface area contributed by atoms with E-state index in [2.05, 4.69) is 4.99 Å². The number of hydrogen-bond acceptors (Lipinski definition) is 2. The predicted molar refractivity (Wildman–Crippen MR) is 54.6 cm³/mol. The van der Waals surface area contributed by atoms with Gasteiger partial charge in [-0.3, -0.25) is 9.79 Å². The maximum Gasteiger partial charge on any atom is 0.265 e. The van der Waals surface area contributed by atoms with Crippen molar-refractivity contribution in [2.75, 3.05) is 11.9 Å². The molecule has 0 fully saturated rings. The summed E-state index contributed by atoms with van der Waals surface area (Å²) in [6.07, 6.45) is 0. The van der Waals surface area contributed by atoms with Gasteiger partial charge in [0.15, 0.2) is 0 Å². The maximum absolute atomic E-state index is 13.1. The number of likely N-dealkylation sites (N-methyl/N-ethyl adjacent to an activating group) is 1. The summed E-state index contributed by atoms with van der Waals surface area (Å²) in [7, 11) is 1.69. The van der Waals surface area contributed by atoms with Gasteiger partial charge in [-0.25, -0.2) is 4.39 Å². The van der Waals surface area contributed by atoms with Crippen LogP contribution in [0, 0.1) is 5.82 Å². The molecule has 1 unspecified atom stereocenters. The van der Waals surface area contributed by atoms with Crippen LogP contribution in [0.5, 0.6) is 0 Å². The van der Waals surface area contributed by atoms with E-state index >= 15 is 0 Å². The van der Waals surface area contributed by atoms with Crippen molar-refractivity contribution in [1.82, 2.24) is 0 Å². The Bertz CT molecular complexity index is 523. The van der Waals surface area contributed by atoms with Crippen LogP contribution in [-0.4, -0.2) is 18.7 Å². The van der Waals surface area contributed by atoms with Crippen molar-refractivity contribution in [2.24, 2.45) is 4.99 Å². The Kier molecular flexibility index (Phi) is 1.30. The van der Waals surface area contributed by atoms with Crippen molar-refractivity contribution in [1.29, 1.82) is 0 Å². The molecule has 2 heterocycles. The van der Waals surface area contributed by atoms with Crippen LogP contribution in [0.25, 0.3) is 0 Å². The second-order valence-corrected chi connectivity index (χ2v) is 3.93. The monoisotopic (exact) mass is 204 g/mol. The van der Waals surface area contributed by atoms with E-state index in [1.165, 1.54) is 17.0 Å². The molecule has 15 heavy (non-hydrogen) atoms. The molecule has 3 rings (SSSR count). The molecular weight excluding hydrogens is 195 g/mol. The molecule has 0 saturated heterocycles. The third kappa shape index (κ3) is 0.802. The highest BCUT2D eigenvalue weighted by Gasteiger charge is 2.60. The van der Waals surface area contributed by atoms with Crippen molar-refractivity contribution in [3.05, 3.63) is 29.6 Å². The average molecular weight is 204 g/mol. The van der Waals surface area contributed by atoms with E-state index in [1.807, 2.05) is 0 Å². The Morgan fingerprint density at radius 1 is 1.47 bits per heavy atom. The minimum absolute atomic E-state index is 0.0828. The first-order valence-electron chi connectivity index (χ1n) is 4.72. The summed E-state index contributed by atoms with van der Waals surface area (Å²) in [5, 5.41) is 0. The van der Waals surface area contributed by atoms with Gasteiger partial charge in [-0.15, -0.1) is 0 Å². The lowest BCUT2D eigenvalue weighted by Crippen LogP contribution is -2.31. The smallest absolute Gasteiger partial charge is 0.265 e. The number of benzene rings is 1. The number of carbonyl (C=O) groups excluding carboxylic acids is 1. The fraction of sp³-hybridized carbons (Fsp3) is 0.273. The molecule has 1 amide bonds. The second kappa shape index (κ2) is 2.27. The van der Waals surface area contributed by atoms with Crippen LogP contribution in [0.15, 0.2) is 23.2 Å². The molecular formula is C11H9FN2O. The van der Waals surface area contributed by atoms with Gasteiger partial charge in [-0.1, -0.05) is 0 Å². The quantitative estimate of drug-likeness (QED) is 0.630. The Balaban J connectivity index is 2.26. The molecule has 1 atom stereocenters. The predicted octanol–water partition coefficient (Wildman–Crippen LogP) is 1.47. The minimum Gasteiger partial charge on any atom is -0.312 e. The van der Waals surface area contributed by atoms with Crippen molar-refractivity contribution in [3.8, 4) is 0 Å². The number of hydrogen-bond donors (Lipinski definition) is 0. The van der Waals surface area contributed by atoms with Gasteiger partial charge in [0.2, 0.25) is 5.54 Å². The van der Waals surface area contributed by atoms with Gasteiger partial charge in [-0.05, 0) is 25.1 Å². The lowest BCUT2D eigenvalue weighted by Gasteiger charge is -2.08. The molecule has 0 saturated carbocycles. The number of nitrogens with zero attached hydrogens (tertiary/aromatic N) is 2. The van der Waals surface area contributed by atoms with Crippen molar-refractivity contribution < 1.29 is 9.18 Å². The Morgan fingerprint density at radius 3 is 2.73 bits per heavy atom. The molecule has 3 nitrogen and oxygen atoms in total. The minimum atomic E-state index is -0.855. The van der Waals surface area contributed by atoms with Crippen LogP contribution in [0.2, 0.25) is 0 Å². The SMILES string of the molecule is CC1=NC12C(=O)N(C)c1ccc(F)cc12. The third-order valence-corrected chi connectivity index (χ3v) is 3.13. The lowest BCUT2D eigenvalue weighted by molar-refractivity contribution is -0.119. The molecule has 0 aromatic heterocycles. The highest BCUT2D eigenvalue weighted by Crippen LogP contribution is 2.50. The molecule has 1 aromatic rings. The Labute approximate surface area is 86.2 Å². The van der Waals surface area contributed by atoms with Gasteiger partial charge in [0.25, 0.3) is 5.91 Å².